The van der Waals surface area contributed by atoms with E-state index in [0.717, 1.165) is 5.75 Å². The molecule has 2 rings (SSSR count). The van der Waals surface area contributed by atoms with Crippen molar-refractivity contribution in [1.29, 1.82) is 0 Å². The van der Waals surface area contributed by atoms with Crippen LogP contribution >= 0.6 is 11.9 Å². The van der Waals surface area contributed by atoms with Crippen molar-refractivity contribution in [3.05, 3.63) is 36.7 Å². The van der Waals surface area contributed by atoms with E-state index >= 15 is 0 Å². The van der Waals surface area contributed by atoms with Crippen LogP contribution in [-0.2, 0) is 0 Å². The second kappa shape index (κ2) is 3.23. The lowest BCUT2D eigenvalue weighted by Gasteiger charge is -1.94. The molecule has 2 heteroatoms. The molecule has 0 bridgehead atoms. The minimum Gasteiger partial charge on any atom is -0.298 e. The number of hydrogen-bond donors (Lipinski definition) is 0. The van der Waals surface area contributed by atoms with Crippen LogP contribution in [0.4, 0.5) is 0 Å². The van der Waals surface area contributed by atoms with E-state index in [0.29, 0.717) is 0 Å². The first kappa shape index (κ1) is 7.74. The highest BCUT2D eigenvalue weighted by molar-refractivity contribution is 7.97. The molecule has 0 saturated carbocycles. The van der Waals surface area contributed by atoms with Gasteiger partial charge in [0.2, 0.25) is 0 Å². The van der Waals surface area contributed by atoms with Crippen LogP contribution in [-0.4, -0.2) is 9.73 Å². The molecular formula is C10H11NS. The van der Waals surface area contributed by atoms with Crippen LogP contribution in [0.1, 0.15) is 6.92 Å². The van der Waals surface area contributed by atoms with Crippen molar-refractivity contribution in [2.45, 2.75) is 6.92 Å². The fourth-order valence-electron chi connectivity index (χ4n) is 1.28. The molecule has 1 aromatic carbocycles. The Morgan fingerprint density at radius 1 is 1.17 bits per heavy atom. The Balaban J connectivity index is 2.47. The molecule has 12 heavy (non-hydrogen) atoms. The summed E-state index contributed by atoms with van der Waals surface area (Å²) in [7, 11) is 0. The Morgan fingerprint density at radius 3 is 2.25 bits per heavy atom. The first-order chi connectivity index (χ1) is 5.90. The van der Waals surface area contributed by atoms with Crippen LogP contribution < -0.4 is 0 Å². The third kappa shape index (κ3) is 1.34. The van der Waals surface area contributed by atoms with Crippen LogP contribution in [0, 0.1) is 0 Å². The van der Waals surface area contributed by atoms with E-state index in [1.807, 2.05) is 11.9 Å². The molecule has 0 amide bonds. The minimum absolute atomic E-state index is 1.11. The molecule has 1 nitrogen and oxygen atoms in total. The van der Waals surface area contributed by atoms with Crippen molar-refractivity contribution in [1.82, 2.24) is 3.97 Å². The smallest absolute Gasteiger partial charge is 0.0235 e. The third-order valence-electron chi connectivity index (χ3n) is 1.81. The molecule has 0 aliphatic rings. The maximum atomic E-state index is 2.17. The van der Waals surface area contributed by atoms with Gasteiger partial charge in [-0.2, -0.15) is 0 Å². The van der Waals surface area contributed by atoms with E-state index in [1.165, 1.54) is 10.8 Å². The van der Waals surface area contributed by atoms with Gasteiger partial charge < -0.3 is 0 Å². The highest BCUT2D eigenvalue weighted by Gasteiger charge is 1.95. The van der Waals surface area contributed by atoms with Gasteiger partial charge in [-0.05, 0) is 11.9 Å². The summed E-state index contributed by atoms with van der Waals surface area (Å²) in [5, 5.41) is 2.64. The largest absolute Gasteiger partial charge is 0.298 e. The first-order valence-corrected chi connectivity index (χ1v) is 5.04. The zero-order chi connectivity index (χ0) is 8.39. The average molecular weight is 177 g/mol. The molecule has 0 N–H and O–H groups in total. The van der Waals surface area contributed by atoms with Crippen molar-refractivity contribution >= 4 is 22.7 Å². The Morgan fingerprint density at radius 2 is 1.75 bits per heavy atom. The second-order valence-corrected chi connectivity index (χ2v) is 3.92. The maximum Gasteiger partial charge on any atom is 0.0235 e. The quantitative estimate of drug-likeness (QED) is 0.682. The van der Waals surface area contributed by atoms with Gasteiger partial charge >= 0.3 is 0 Å². The first-order valence-electron chi connectivity index (χ1n) is 4.10. The molecule has 0 unspecified atom stereocenters. The summed E-state index contributed by atoms with van der Waals surface area (Å²) in [6.07, 6.45) is 4.34. The Labute approximate surface area is 76.5 Å². The highest BCUT2D eigenvalue weighted by atomic mass is 32.2. The van der Waals surface area contributed by atoms with Crippen LogP contribution in [0.2, 0.25) is 0 Å². The molecule has 1 heterocycles. The van der Waals surface area contributed by atoms with E-state index < -0.39 is 0 Å². The average Bonchev–Trinajstić information content (AvgIpc) is 2.47. The van der Waals surface area contributed by atoms with Crippen molar-refractivity contribution in [3.8, 4) is 0 Å². The Hall–Kier alpha value is -0.890. The summed E-state index contributed by atoms with van der Waals surface area (Å²) in [5.74, 6) is 1.11. The summed E-state index contributed by atoms with van der Waals surface area (Å²) in [5.41, 5.74) is 0. The van der Waals surface area contributed by atoms with Crippen molar-refractivity contribution < 1.29 is 0 Å². The van der Waals surface area contributed by atoms with E-state index in [4.69, 9.17) is 0 Å². The molecular weight excluding hydrogens is 166 g/mol. The number of fused-ring (bicyclic) bond motifs is 1. The summed E-state index contributed by atoms with van der Waals surface area (Å²) >= 11 is 1.82. The lowest BCUT2D eigenvalue weighted by atomic mass is 10.2. The molecule has 0 spiro atoms. The standard InChI is InChI=1S/C10H11NS/c1-2-12-11-7-9-5-3-4-6-10(9)8-11/h3-8H,2H2,1H3. The van der Waals surface area contributed by atoms with Crippen LogP contribution in [0.5, 0.6) is 0 Å². The Kier molecular flexibility index (Phi) is 2.09. The van der Waals surface area contributed by atoms with Crippen LogP contribution in [0.15, 0.2) is 36.7 Å². The van der Waals surface area contributed by atoms with E-state index in [1.54, 1.807) is 0 Å². The minimum atomic E-state index is 1.11. The molecule has 0 saturated heterocycles. The second-order valence-electron chi connectivity index (χ2n) is 2.66. The lowest BCUT2D eigenvalue weighted by molar-refractivity contribution is 1.28. The number of hydrogen-bond acceptors (Lipinski definition) is 1. The van der Waals surface area contributed by atoms with E-state index in [2.05, 4.69) is 47.6 Å². The normalized spacial score (nSPS) is 10.8. The molecule has 62 valence electrons. The summed E-state index contributed by atoms with van der Waals surface area (Å²) in [6, 6.07) is 8.43. The third-order valence-corrected chi connectivity index (χ3v) is 2.57. The van der Waals surface area contributed by atoms with Gasteiger partial charge in [-0.3, -0.25) is 3.97 Å². The zero-order valence-electron chi connectivity index (χ0n) is 7.03. The fraction of sp³-hybridized carbons (Fsp3) is 0.200. The summed E-state index contributed by atoms with van der Waals surface area (Å²) in [6.45, 7) is 2.16. The van der Waals surface area contributed by atoms with Gasteiger partial charge in [0, 0.05) is 28.9 Å². The molecule has 0 radical (unpaired) electrons. The van der Waals surface area contributed by atoms with E-state index in [-0.39, 0.29) is 0 Å². The van der Waals surface area contributed by atoms with Crippen LogP contribution in [0.3, 0.4) is 0 Å². The highest BCUT2D eigenvalue weighted by Crippen LogP contribution is 2.18. The van der Waals surface area contributed by atoms with Gasteiger partial charge in [-0.25, -0.2) is 0 Å². The predicted molar refractivity (Wildman–Crippen MR) is 55.5 cm³/mol. The molecule has 0 aliphatic heterocycles. The van der Waals surface area contributed by atoms with Crippen molar-refractivity contribution in [2.75, 3.05) is 5.75 Å². The predicted octanol–water partition coefficient (Wildman–Crippen LogP) is 3.16. The van der Waals surface area contributed by atoms with Crippen molar-refractivity contribution in [3.63, 3.8) is 0 Å². The van der Waals surface area contributed by atoms with Crippen molar-refractivity contribution in [2.24, 2.45) is 0 Å². The monoisotopic (exact) mass is 177 g/mol. The number of aromatic nitrogens is 1. The fourth-order valence-corrected chi connectivity index (χ4v) is 1.96. The SMILES string of the molecule is CCSn1cc2ccccc2c1. The van der Waals surface area contributed by atoms with Gasteiger partial charge in [-0.1, -0.05) is 31.2 Å². The molecule has 0 atom stereocenters. The summed E-state index contributed by atoms with van der Waals surface area (Å²) in [4.78, 5) is 0. The number of benzene rings is 1. The number of rotatable bonds is 2. The van der Waals surface area contributed by atoms with Gasteiger partial charge in [0.05, 0.1) is 0 Å². The molecule has 1 aromatic heterocycles. The maximum absolute atomic E-state index is 2.17. The molecule has 0 aliphatic carbocycles. The number of nitrogens with zero attached hydrogens (tertiary/aromatic N) is 1. The zero-order valence-corrected chi connectivity index (χ0v) is 7.84. The van der Waals surface area contributed by atoms with Gasteiger partial charge in [0.25, 0.3) is 0 Å². The lowest BCUT2D eigenvalue weighted by Crippen LogP contribution is -1.79. The van der Waals surface area contributed by atoms with Gasteiger partial charge in [0.1, 0.15) is 0 Å². The Bertz CT molecular complexity index is 345. The molecule has 0 fully saturated rings. The molecule has 2 aromatic rings. The van der Waals surface area contributed by atoms with Gasteiger partial charge in [-0.15, -0.1) is 0 Å². The van der Waals surface area contributed by atoms with Crippen LogP contribution in [0.25, 0.3) is 10.8 Å². The summed E-state index contributed by atoms with van der Waals surface area (Å²) < 4.78 is 2.17. The van der Waals surface area contributed by atoms with Gasteiger partial charge in [0.15, 0.2) is 0 Å². The van der Waals surface area contributed by atoms with E-state index in [9.17, 15) is 0 Å². The topological polar surface area (TPSA) is 4.93 Å².